The summed E-state index contributed by atoms with van der Waals surface area (Å²) in [4.78, 5) is 0. The number of rotatable bonds is 6. The number of aliphatic hydroxyl groups excluding tert-OH is 1. The van der Waals surface area contributed by atoms with Crippen LogP contribution in [0.25, 0.3) is 0 Å². The summed E-state index contributed by atoms with van der Waals surface area (Å²) in [5.41, 5.74) is 1.40. The number of hydrogen-bond acceptors (Lipinski definition) is 4. The molecule has 1 aliphatic carbocycles. The van der Waals surface area contributed by atoms with Crippen LogP contribution in [-0.4, -0.2) is 35.1 Å². The minimum atomic E-state index is -0.301. The van der Waals surface area contributed by atoms with Gasteiger partial charge in [0.25, 0.3) is 0 Å². The molecule has 0 unspecified atom stereocenters. The van der Waals surface area contributed by atoms with Crippen molar-refractivity contribution in [2.45, 2.75) is 89.8 Å². The fraction of sp³-hybridized carbons (Fsp3) is 0.739. The van der Waals surface area contributed by atoms with Gasteiger partial charge in [0.1, 0.15) is 17.1 Å². The minimum absolute atomic E-state index is 0.144. The lowest BCUT2D eigenvalue weighted by molar-refractivity contribution is -0.0318. The SMILES string of the molecule is CCCCOCC(C)(C)c1cc(O)c2c(c1)OC(C)(C)[C@@H]1CC[C@@H](O)C[C@@H]21. The quantitative estimate of drug-likeness (QED) is 0.693. The van der Waals surface area contributed by atoms with Gasteiger partial charge in [-0.2, -0.15) is 0 Å². The lowest BCUT2D eigenvalue weighted by Crippen LogP contribution is -2.47. The molecule has 1 fully saturated rings. The minimum Gasteiger partial charge on any atom is -0.508 e. The normalized spacial score (nSPS) is 26.8. The van der Waals surface area contributed by atoms with Crippen molar-refractivity contribution >= 4 is 0 Å². The molecule has 27 heavy (non-hydrogen) atoms. The van der Waals surface area contributed by atoms with E-state index < -0.39 is 0 Å². The molecule has 0 aromatic heterocycles. The summed E-state index contributed by atoms with van der Waals surface area (Å²) in [6.45, 7) is 12.1. The van der Waals surface area contributed by atoms with Gasteiger partial charge in [-0.25, -0.2) is 0 Å². The molecule has 1 aromatic carbocycles. The summed E-state index contributed by atoms with van der Waals surface area (Å²) in [5, 5.41) is 21.1. The molecule has 1 heterocycles. The van der Waals surface area contributed by atoms with Crippen molar-refractivity contribution in [3.05, 3.63) is 23.3 Å². The Balaban J connectivity index is 1.91. The van der Waals surface area contributed by atoms with Gasteiger partial charge in [0.05, 0.1) is 12.7 Å². The molecular weight excluding hydrogens is 340 g/mol. The molecule has 4 nitrogen and oxygen atoms in total. The highest BCUT2D eigenvalue weighted by atomic mass is 16.5. The van der Waals surface area contributed by atoms with Gasteiger partial charge in [-0.3, -0.25) is 0 Å². The zero-order valence-corrected chi connectivity index (χ0v) is 17.5. The molecule has 2 N–H and O–H groups in total. The number of fused-ring (bicyclic) bond motifs is 3. The van der Waals surface area contributed by atoms with Gasteiger partial charge >= 0.3 is 0 Å². The van der Waals surface area contributed by atoms with E-state index in [4.69, 9.17) is 9.47 Å². The van der Waals surface area contributed by atoms with Crippen molar-refractivity contribution in [2.24, 2.45) is 5.92 Å². The van der Waals surface area contributed by atoms with Crippen LogP contribution in [0.4, 0.5) is 0 Å². The fourth-order valence-corrected chi connectivity index (χ4v) is 4.78. The van der Waals surface area contributed by atoms with Crippen LogP contribution < -0.4 is 4.74 Å². The number of benzene rings is 1. The van der Waals surface area contributed by atoms with E-state index >= 15 is 0 Å². The summed E-state index contributed by atoms with van der Waals surface area (Å²) in [5.74, 6) is 1.52. The fourth-order valence-electron chi connectivity index (χ4n) is 4.78. The topological polar surface area (TPSA) is 58.9 Å². The number of hydrogen-bond donors (Lipinski definition) is 2. The standard InChI is InChI=1S/C23H36O4/c1-6-7-10-26-14-22(2,3)15-11-19(25)21-17-13-16(24)8-9-18(17)23(4,5)27-20(21)12-15/h11-12,16-18,24-25H,6-10,13-14H2,1-5H3/t16-,17-,18-/m1/s1. The highest BCUT2D eigenvalue weighted by Crippen LogP contribution is 2.55. The zero-order valence-electron chi connectivity index (χ0n) is 17.5. The van der Waals surface area contributed by atoms with Crippen LogP contribution in [0, 0.1) is 5.92 Å². The third kappa shape index (κ3) is 4.12. The van der Waals surface area contributed by atoms with E-state index in [1.54, 1.807) is 0 Å². The molecule has 2 aliphatic rings. The number of unbranched alkanes of at least 4 members (excludes halogenated alkanes) is 1. The number of phenols is 1. The molecule has 1 saturated carbocycles. The molecule has 1 aromatic rings. The first-order valence-corrected chi connectivity index (χ1v) is 10.5. The summed E-state index contributed by atoms with van der Waals surface area (Å²) in [6.07, 6.45) is 4.32. The average molecular weight is 377 g/mol. The second-order valence-corrected chi connectivity index (χ2v) is 9.58. The van der Waals surface area contributed by atoms with Gasteiger partial charge < -0.3 is 19.7 Å². The Bertz CT molecular complexity index is 665. The molecule has 0 bridgehead atoms. The summed E-state index contributed by atoms with van der Waals surface area (Å²) in [6, 6.07) is 3.96. The van der Waals surface area contributed by atoms with Crippen LogP contribution >= 0.6 is 0 Å². The lowest BCUT2D eigenvalue weighted by atomic mass is 9.65. The van der Waals surface area contributed by atoms with Gasteiger partial charge in [0, 0.05) is 29.4 Å². The monoisotopic (exact) mass is 376 g/mol. The average Bonchev–Trinajstić information content (AvgIpc) is 2.57. The van der Waals surface area contributed by atoms with Crippen LogP contribution in [0.15, 0.2) is 12.1 Å². The van der Waals surface area contributed by atoms with Crippen LogP contribution in [0.3, 0.4) is 0 Å². The van der Waals surface area contributed by atoms with Gasteiger partial charge in [0.15, 0.2) is 0 Å². The molecule has 3 rings (SSSR count). The highest BCUT2D eigenvalue weighted by molar-refractivity contribution is 5.53. The van der Waals surface area contributed by atoms with Crippen molar-refractivity contribution in [1.82, 2.24) is 0 Å². The third-order valence-electron chi connectivity index (χ3n) is 6.47. The lowest BCUT2D eigenvalue weighted by Gasteiger charge is -2.48. The Morgan fingerprint density at radius 3 is 2.70 bits per heavy atom. The first kappa shape index (κ1) is 20.5. The van der Waals surface area contributed by atoms with E-state index in [2.05, 4.69) is 40.7 Å². The summed E-state index contributed by atoms with van der Waals surface area (Å²) < 4.78 is 12.3. The van der Waals surface area contributed by atoms with Crippen LogP contribution in [0.1, 0.15) is 83.8 Å². The van der Waals surface area contributed by atoms with E-state index in [0.717, 1.165) is 49.2 Å². The van der Waals surface area contributed by atoms with E-state index in [9.17, 15) is 10.2 Å². The van der Waals surface area contributed by atoms with E-state index in [1.165, 1.54) is 0 Å². The number of aromatic hydroxyl groups is 1. The smallest absolute Gasteiger partial charge is 0.127 e. The zero-order chi connectivity index (χ0) is 19.8. The number of aliphatic hydroxyl groups is 1. The molecule has 0 saturated heterocycles. The Kier molecular flexibility index (Phi) is 5.79. The molecule has 1 aliphatic heterocycles. The van der Waals surface area contributed by atoms with Crippen LogP contribution in [0.2, 0.25) is 0 Å². The number of phenolic OH excluding ortho intramolecular Hbond substituents is 1. The maximum atomic E-state index is 10.9. The largest absolute Gasteiger partial charge is 0.508 e. The number of ether oxygens (including phenoxy) is 2. The Hall–Kier alpha value is -1.26. The first-order chi connectivity index (χ1) is 12.7. The Morgan fingerprint density at radius 2 is 2.00 bits per heavy atom. The Labute approximate surface area is 163 Å². The van der Waals surface area contributed by atoms with Gasteiger partial charge in [-0.15, -0.1) is 0 Å². The van der Waals surface area contributed by atoms with Gasteiger partial charge in [0.2, 0.25) is 0 Å². The van der Waals surface area contributed by atoms with Crippen molar-refractivity contribution in [2.75, 3.05) is 13.2 Å². The van der Waals surface area contributed by atoms with E-state index in [0.29, 0.717) is 24.7 Å². The molecule has 4 heteroatoms. The highest BCUT2D eigenvalue weighted by Gasteiger charge is 2.47. The second-order valence-electron chi connectivity index (χ2n) is 9.58. The predicted octanol–water partition coefficient (Wildman–Crippen LogP) is 4.90. The summed E-state index contributed by atoms with van der Waals surface area (Å²) in [7, 11) is 0. The molecular formula is C23H36O4. The second kappa shape index (κ2) is 7.63. The molecule has 3 atom stereocenters. The van der Waals surface area contributed by atoms with Crippen molar-refractivity contribution in [1.29, 1.82) is 0 Å². The molecule has 0 amide bonds. The van der Waals surface area contributed by atoms with Crippen molar-refractivity contribution in [3.63, 3.8) is 0 Å². The maximum Gasteiger partial charge on any atom is 0.127 e. The van der Waals surface area contributed by atoms with E-state index in [1.807, 2.05) is 6.07 Å². The molecule has 0 radical (unpaired) electrons. The van der Waals surface area contributed by atoms with Crippen LogP contribution in [-0.2, 0) is 10.2 Å². The van der Waals surface area contributed by atoms with Crippen molar-refractivity contribution < 1.29 is 19.7 Å². The molecule has 152 valence electrons. The van der Waals surface area contributed by atoms with E-state index in [-0.39, 0.29) is 23.0 Å². The maximum absolute atomic E-state index is 10.9. The molecule has 0 spiro atoms. The third-order valence-corrected chi connectivity index (χ3v) is 6.47. The summed E-state index contributed by atoms with van der Waals surface area (Å²) >= 11 is 0. The predicted molar refractivity (Wildman–Crippen MR) is 108 cm³/mol. The first-order valence-electron chi connectivity index (χ1n) is 10.5. The van der Waals surface area contributed by atoms with Crippen LogP contribution in [0.5, 0.6) is 11.5 Å². The Morgan fingerprint density at radius 1 is 1.26 bits per heavy atom. The van der Waals surface area contributed by atoms with Gasteiger partial charge in [-0.1, -0.05) is 27.2 Å². The van der Waals surface area contributed by atoms with Gasteiger partial charge in [-0.05, 0) is 57.2 Å². The van der Waals surface area contributed by atoms with Crippen molar-refractivity contribution in [3.8, 4) is 11.5 Å².